The van der Waals surface area contributed by atoms with Crippen LogP contribution in [0.3, 0.4) is 0 Å². The molecule has 1 aromatic carbocycles. The van der Waals surface area contributed by atoms with Gasteiger partial charge < -0.3 is 21.3 Å². The van der Waals surface area contributed by atoms with E-state index >= 15 is 0 Å². The van der Waals surface area contributed by atoms with Gasteiger partial charge in [-0.05, 0) is 42.7 Å². The average molecular weight is 315 g/mol. The maximum absolute atomic E-state index is 11.5. The van der Waals surface area contributed by atoms with Crippen molar-refractivity contribution in [3.05, 3.63) is 40.7 Å². The van der Waals surface area contributed by atoms with Gasteiger partial charge in [-0.15, -0.1) is 0 Å². The monoisotopic (exact) mass is 315 g/mol. The number of carboxylic acid groups (broad SMARTS) is 1. The molecule has 120 valence electrons. The molecule has 0 saturated heterocycles. The van der Waals surface area contributed by atoms with Crippen LogP contribution in [0.2, 0.25) is 0 Å². The number of hydrogen-bond acceptors (Lipinski definition) is 5. The first-order chi connectivity index (χ1) is 10.8. The highest BCUT2D eigenvalue weighted by Crippen LogP contribution is 2.37. The second kappa shape index (κ2) is 5.96. The fraction of sp³-hybridized carbons (Fsp3) is 0.188. The maximum atomic E-state index is 11.5. The summed E-state index contributed by atoms with van der Waals surface area (Å²) in [6.07, 6.45) is 0. The van der Waals surface area contributed by atoms with Crippen LogP contribution in [-0.4, -0.2) is 29.1 Å². The predicted molar refractivity (Wildman–Crippen MR) is 85.6 cm³/mol. The van der Waals surface area contributed by atoms with E-state index in [9.17, 15) is 14.7 Å². The summed E-state index contributed by atoms with van der Waals surface area (Å²) in [4.78, 5) is 26.5. The molecule has 5 N–H and O–H groups in total. The number of ether oxygens (including phenoxy) is 1. The molecule has 0 fully saturated rings. The van der Waals surface area contributed by atoms with Gasteiger partial charge in [0, 0.05) is 5.56 Å². The minimum atomic E-state index is -1.27. The average Bonchev–Trinajstić information content (AvgIpc) is 2.48. The quantitative estimate of drug-likeness (QED) is 0.788. The van der Waals surface area contributed by atoms with Crippen LogP contribution in [0.25, 0.3) is 11.1 Å². The number of pyridine rings is 1. The summed E-state index contributed by atoms with van der Waals surface area (Å²) in [6, 6.07) is 4.96. The van der Waals surface area contributed by atoms with Crippen molar-refractivity contribution in [1.29, 1.82) is 0 Å². The zero-order chi connectivity index (χ0) is 17.3. The molecule has 0 radical (unpaired) electrons. The number of carbonyl (C=O) groups is 2. The molecule has 2 aromatic rings. The summed E-state index contributed by atoms with van der Waals surface area (Å²) < 4.78 is 5.29. The molecule has 0 spiro atoms. The summed E-state index contributed by atoms with van der Waals surface area (Å²) in [6.45, 7) is 3.68. The molecule has 0 atom stereocenters. The van der Waals surface area contributed by atoms with Gasteiger partial charge in [0.25, 0.3) is 5.91 Å². The Morgan fingerprint density at radius 1 is 1.26 bits per heavy atom. The summed E-state index contributed by atoms with van der Waals surface area (Å²) in [5.74, 6) is -1.53. The van der Waals surface area contributed by atoms with Crippen LogP contribution >= 0.6 is 0 Å². The molecule has 0 aliphatic heterocycles. The van der Waals surface area contributed by atoms with Gasteiger partial charge in [0.1, 0.15) is 11.4 Å². The van der Waals surface area contributed by atoms with E-state index in [1.54, 1.807) is 6.07 Å². The van der Waals surface area contributed by atoms with Crippen molar-refractivity contribution in [1.82, 2.24) is 4.98 Å². The second-order valence-corrected chi connectivity index (χ2v) is 5.07. The third-order valence-electron chi connectivity index (χ3n) is 3.62. The van der Waals surface area contributed by atoms with E-state index in [-0.39, 0.29) is 17.1 Å². The van der Waals surface area contributed by atoms with Crippen LogP contribution in [-0.2, 0) is 0 Å². The Bertz CT molecular complexity index is 815. The van der Waals surface area contributed by atoms with Gasteiger partial charge in [0.05, 0.1) is 12.8 Å². The van der Waals surface area contributed by atoms with Crippen LogP contribution in [0, 0.1) is 13.8 Å². The summed E-state index contributed by atoms with van der Waals surface area (Å²) in [5, 5.41) is 9.21. The van der Waals surface area contributed by atoms with Crippen LogP contribution in [0.5, 0.6) is 5.75 Å². The van der Waals surface area contributed by atoms with E-state index in [1.165, 1.54) is 13.2 Å². The van der Waals surface area contributed by atoms with Crippen LogP contribution < -0.4 is 16.2 Å². The van der Waals surface area contributed by atoms with E-state index in [0.29, 0.717) is 16.9 Å². The van der Waals surface area contributed by atoms with Gasteiger partial charge in [-0.2, -0.15) is 0 Å². The molecule has 0 unspecified atom stereocenters. The van der Waals surface area contributed by atoms with Gasteiger partial charge in [-0.1, -0.05) is 6.07 Å². The number of primary amides is 1. The van der Waals surface area contributed by atoms with Gasteiger partial charge >= 0.3 is 5.97 Å². The molecule has 23 heavy (non-hydrogen) atoms. The number of nitrogens with zero attached hydrogens (tertiary/aromatic N) is 1. The van der Waals surface area contributed by atoms with Crippen LogP contribution in [0.4, 0.5) is 5.69 Å². The molecule has 7 nitrogen and oxygen atoms in total. The Hall–Kier alpha value is -3.09. The number of rotatable bonds is 4. The molecule has 0 aliphatic carbocycles. The summed E-state index contributed by atoms with van der Waals surface area (Å²) in [5.41, 5.74) is 13.5. The third-order valence-corrected chi connectivity index (χ3v) is 3.62. The molecule has 0 bridgehead atoms. The normalized spacial score (nSPS) is 10.4. The van der Waals surface area contributed by atoms with Gasteiger partial charge in [-0.3, -0.25) is 4.79 Å². The highest BCUT2D eigenvalue weighted by atomic mass is 16.5. The van der Waals surface area contributed by atoms with Crippen LogP contribution in [0.1, 0.15) is 32.1 Å². The molecular weight excluding hydrogens is 298 g/mol. The molecule has 1 heterocycles. The Morgan fingerprint density at radius 2 is 1.91 bits per heavy atom. The maximum Gasteiger partial charge on any atom is 0.354 e. The Morgan fingerprint density at radius 3 is 2.43 bits per heavy atom. The lowest BCUT2D eigenvalue weighted by atomic mass is 9.93. The fourth-order valence-corrected chi connectivity index (χ4v) is 2.52. The fourth-order valence-electron chi connectivity index (χ4n) is 2.52. The zero-order valence-corrected chi connectivity index (χ0v) is 13.0. The second-order valence-electron chi connectivity index (χ2n) is 5.07. The number of aromatic carboxylic acids is 1. The summed E-state index contributed by atoms with van der Waals surface area (Å²) in [7, 11) is 1.54. The molecule has 7 heteroatoms. The molecule has 1 amide bonds. The number of benzene rings is 1. The van der Waals surface area contributed by atoms with Crippen molar-refractivity contribution in [3.8, 4) is 16.9 Å². The lowest BCUT2D eigenvalue weighted by Gasteiger charge is -2.17. The number of aryl methyl sites for hydroxylation is 1. The lowest BCUT2D eigenvalue weighted by molar-refractivity contribution is 0.0690. The molecule has 2 rings (SSSR count). The van der Waals surface area contributed by atoms with Crippen molar-refractivity contribution < 1.29 is 19.4 Å². The minimum Gasteiger partial charge on any atom is -0.496 e. The van der Waals surface area contributed by atoms with Crippen molar-refractivity contribution >= 4 is 17.6 Å². The SMILES string of the molecule is COc1ccc(C)c(-c2cc(C(=O)O)nc(C(N)=O)c2N)c1C. The third kappa shape index (κ3) is 2.80. The molecule has 1 aromatic heterocycles. The number of nitrogens with two attached hydrogens (primary N) is 2. The highest BCUT2D eigenvalue weighted by Gasteiger charge is 2.21. The lowest BCUT2D eigenvalue weighted by Crippen LogP contribution is -2.19. The van der Waals surface area contributed by atoms with Gasteiger partial charge in [-0.25, -0.2) is 9.78 Å². The molecular formula is C16H17N3O4. The van der Waals surface area contributed by atoms with Crippen molar-refractivity contribution in [2.45, 2.75) is 13.8 Å². The topological polar surface area (TPSA) is 129 Å². The Labute approximate surface area is 132 Å². The number of anilines is 1. The standard InChI is InChI=1S/C16H17N3O4/c1-7-4-5-11(23-3)8(2)12(7)9-6-10(16(21)22)19-14(13(9)17)15(18)20/h4-6H,17H2,1-3H3,(H2,18,20)(H,21,22). The zero-order valence-electron chi connectivity index (χ0n) is 13.0. The van der Waals surface area contributed by atoms with Crippen molar-refractivity contribution in [2.24, 2.45) is 5.73 Å². The smallest absolute Gasteiger partial charge is 0.354 e. The van der Waals surface area contributed by atoms with E-state index in [4.69, 9.17) is 16.2 Å². The predicted octanol–water partition coefficient (Wildman–Crippen LogP) is 1.75. The summed E-state index contributed by atoms with van der Waals surface area (Å²) >= 11 is 0. The molecule has 0 aliphatic rings. The Kier molecular flexibility index (Phi) is 4.22. The molecule has 0 saturated carbocycles. The van der Waals surface area contributed by atoms with Crippen molar-refractivity contribution in [3.63, 3.8) is 0 Å². The van der Waals surface area contributed by atoms with Crippen molar-refractivity contribution in [2.75, 3.05) is 12.8 Å². The number of carbonyl (C=O) groups excluding carboxylic acids is 1. The number of nitrogen functional groups attached to an aromatic ring is 1. The first-order valence-electron chi connectivity index (χ1n) is 6.76. The van der Waals surface area contributed by atoms with E-state index in [2.05, 4.69) is 4.98 Å². The first kappa shape index (κ1) is 16.3. The highest BCUT2D eigenvalue weighted by molar-refractivity contribution is 6.02. The first-order valence-corrected chi connectivity index (χ1v) is 6.76. The van der Waals surface area contributed by atoms with Gasteiger partial charge in [0.2, 0.25) is 0 Å². The van der Waals surface area contributed by atoms with E-state index < -0.39 is 11.9 Å². The minimum absolute atomic E-state index is 0.0435. The largest absolute Gasteiger partial charge is 0.496 e. The number of carboxylic acids is 1. The number of aromatic nitrogens is 1. The number of amides is 1. The van der Waals surface area contributed by atoms with E-state index in [0.717, 1.165) is 11.1 Å². The Balaban J connectivity index is 2.88. The van der Waals surface area contributed by atoms with Crippen LogP contribution in [0.15, 0.2) is 18.2 Å². The number of hydrogen-bond donors (Lipinski definition) is 3. The number of methoxy groups -OCH3 is 1. The van der Waals surface area contributed by atoms with Gasteiger partial charge in [0.15, 0.2) is 5.69 Å². The van der Waals surface area contributed by atoms with E-state index in [1.807, 2.05) is 19.9 Å².